The number of aromatic carboxylic acids is 2. The van der Waals surface area contributed by atoms with E-state index in [0.717, 1.165) is 17.4 Å². The van der Waals surface area contributed by atoms with Crippen molar-refractivity contribution in [3.05, 3.63) is 95.5 Å². The monoisotopic (exact) mass is 529 g/mol. The average Bonchev–Trinajstić information content (AvgIpc) is 3.66. The quantitative estimate of drug-likeness (QED) is 0.301. The molecular formula is C27H19N3O7S. The number of rotatable bonds is 6. The first-order chi connectivity index (χ1) is 18.4. The summed E-state index contributed by atoms with van der Waals surface area (Å²) in [6.07, 6.45) is 1.69. The van der Waals surface area contributed by atoms with Crippen LogP contribution in [0.5, 0.6) is 11.5 Å². The number of nitrogens with zero attached hydrogens (tertiary/aromatic N) is 2. The smallest absolute Gasteiger partial charge is 0.335 e. The van der Waals surface area contributed by atoms with Crippen LogP contribution in [-0.2, 0) is 0 Å². The van der Waals surface area contributed by atoms with Gasteiger partial charge >= 0.3 is 11.9 Å². The van der Waals surface area contributed by atoms with Gasteiger partial charge in [0.1, 0.15) is 17.6 Å². The number of hydrogen-bond donors (Lipinski definition) is 3. The molecule has 6 rings (SSSR count). The van der Waals surface area contributed by atoms with Crippen molar-refractivity contribution in [3.63, 3.8) is 0 Å². The van der Waals surface area contributed by atoms with E-state index in [1.807, 2.05) is 41.3 Å². The molecule has 1 saturated heterocycles. The number of thiocarbonyl (C=S) groups is 1. The molecule has 38 heavy (non-hydrogen) atoms. The topological polar surface area (TPSA) is 134 Å². The number of carboxylic acids is 2. The second-order valence-electron chi connectivity index (χ2n) is 8.65. The molecule has 0 radical (unpaired) electrons. The van der Waals surface area contributed by atoms with E-state index in [1.165, 1.54) is 12.1 Å². The number of carbonyl (C=O) groups is 2. The Balaban J connectivity index is 1.45. The third-order valence-corrected chi connectivity index (χ3v) is 6.68. The predicted molar refractivity (Wildman–Crippen MR) is 139 cm³/mol. The van der Waals surface area contributed by atoms with Crippen molar-refractivity contribution in [2.24, 2.45) is 0 Å². The minimum absolute atomic E-state index is 0.136. The minimum atomic E-state index is -1.24. The SMILES string of the molecule is O=C(O)c1cc(C(=O)O)cc(-c2ccc([C@H]3[C@H](c4ccccn4)NC(=S)N3c3ccc4c(c3)OCO4)o2)c1. The number of fused-ring (bicyclic) bond motifs is 1. The lowest BCUT2D eigenvalue weighted by atomic mass is 10.0. The summed E-state index contributed by atoms with van der Waals surface area (Å²) in [6.45, 7) is 0.136. The first-order valence-corrected chi connectivity index (χ1v) is 11.9. The molecule has 0 amide bonds. The van der Waals surface area contributed by atoms with E-state index < -0.39 is 18.0 Å². The van der Waals surface area contributed by atoms with Crippen LogP contribution in [0.4, 0.5) is 5.69 Å². The number of benzene rings is 2. The standard InChI is InChI=1S/C27H19N3O7S/c31-25(32)15-9-14(10-16(11-15)26(33)34)19-6-7-21(37-19)24-23(18-3-1-2-8-28-18)29-27(38)30(24)17-4-5-20-22(12-17)36-13-35-20/h1-12,23-24H,13H2,(H,29,38)(H,31,32)(H,33,34)/t23-,24-/m0/s1. The fourth-order valence-corrected chi connectivity index (χ4v) is 4.99. The molecule has 2 aliphatic heterocycles. The number of hydrogen-bond acceptors (Lipinski definition) is 7. The van der Waals surface area contributed by atoms with Gasteiger partial charge < -0.3 is 34.3 Å². The first-order valence-electron chi connectivity index (χ1n) is 11.5. The van der Waals surface area contributed by atoms with Crippen LogP contribution in [0.3, 0.4) is 0 Å². The molecule has 0 unspecified atom stereocenters. The van der Waals surface area contributed by atoms with E-state index in [1.54, 1.807) is 18.3 Å². The average molecular weight is 530 g/mol. The predicted octanol–water partition coefficient (Wildman–Crippen LogP) is 4.64. The van der Waals surface area contributed by atoms with Gasteiger partial charge in [-0.05, 0) is 66.8 Å². The summed E-state index contributed by atoms with van der Waals surface area (Å²) < 4.78 is 17.3. The number of furan rings is 1. The fourth-order valence-electron chi connectivity index (χ4n) is 4.64. The van der Waals surface area contributed by atoms with Crippen LogP contribution < -0.4 is 19.7 Å². The van der Waals surface area contributed by atoms with Crippen LogP contribution in [0.1, 0.15) is 44.3 Å². The molecule has 2 atom stereocenters. The van der Waals surface area contributed by atoms with Crippen LogP contribution in [0, 0.1) is 0 Å². The van der Waals surface area contributed by atoms with Crippen molar-refractivity contribution in [3.8, 4) is 22.8 Å². The molecule has 2 aromatic heterocycles. The number of aromatic nitrogens is 1. The zero-order chi connectivity index (χ0) is 26.4. The van der Waals surface area contributed by atoms with Crippen molar-refractivity contribution < 1.29 is 33.7 Å². The van der Waals surface area contributed by atoms with Gasteiger partial charge in [0.15, 0.2) is 16.6 Å². The van der Waals surface area contributed by atoms with E-state index in [2.05, 4.69) is 10.3 Å². The third kappa shape index (κ3) is 4.08. The van der Waals surface area contributed by atoms with Gasteiger partial charge in [0.2, 0.25) is 6.79 Å². The molecule has 1 fully saturated rings. The molecule has 0 spiro atoms. The highest BCUT2D eigenvalue weighted by Gasteiger charge is 2.43. The van der Waals surface area contributed by atoms with Crippen molar-refractivity contribution >= 4 is 35.0 Å². The Kier molecular flexibility index (Phi) is 5.69. The largest absolute Gasteiger partial charge is 0.478 e. The molecule has 11 heteroatoms. The highest BCUT2D eigenvalue weighted by atomic mass is 32.1. The fraction of sp³-hybridized carbons (Fsp3) is 0.111. The Morgan fingerprint density at radius 1 is 0.947 bits per heavy atom. The van der Waals surface area contributed by atoms with E-state index in [4.69, 9.17) is 26.1 Å². The van der Waals surface area contributed by atoms with Gasteiger partial charge in [0.25, 0.3) is 0 Å². The van der Waals surface area contributed by atoms with Gasteiger partial charge in [-0.3, -0.25) is 4.98 Å². The molecule has 3 N–H and O–H groups in total. The summed E-state index contributed by atoms with van der Waals surface area (Å²) in [6, 6.07) is 17.5. The van der Waals surface area contributed by atoms with Crippen LogP contribution in [-0.4, -0.2) is 39.0 Å². The molecule has 190 valence electrons. The molecule has 4 heterocycles. The first kappa shape index (κ1) is 23.5. The molecule has 10 nitrogen and oxygen atoms in total. The van der Waals surface area contributed by atoms with Gasteiger partial charge in [-0.25, -0.2) is 9.59 Å². The summed E-state index contributed by atoms with van der Waals surface area (Å²) in [7, 11) is 0. The van der Waals surface area contributed by atoms with Crippen LogP contribution in [0.25, 0.3) is 11.3 Å². The Hall–Kier alpha value is -4.90. The summed E-state index contributed by atoms with van der Waals surface area (Å²) in [5.41, 5.74) is 1.49. The maximum Gasteiger partial charge on any atom is 0.335 e. The minimum Gasteiger partial charge on any atom is -0.478 e. The lowest BCUT2D eigenvalue weighted by Crippen LogP contribution is -2.29. The zero-order valence-electron chi connectivity index (χ0n) is 19.5. The molecule has 2 aliphatic rings. The number of ether oxygens (including phenoxy) is 2. The summed E-state index contributed by atoms with van der Waals surface area (Å²) >= 11 is 5.74. The lowest BCUT2D eigenvalue weighted by Gasteiger charge is -2.26. The van der Waals surface area contributed by atoms with Crippen LogP contribution >= 0.6 is 12.2 Å². The van der Waals surface area contributed by atoms with E-state index >= 15 is 0 Å². The molecule has 0 aliphatic carbocycles. The summed E-state index contributed by atoms with van der Waals surface area (Å²) in [5.74, 6) is -0.423. The van der Waals surface area contributed by atoms with E-state index in [0.29, 0.717) is 33.7 Å². The highest BCUT2D eigenvalue weighted by Crippen LogP contribution is 2.45. The van der Waals surface area contributed by atoms with Crippen molar-refractivity contribution in [2.45, 2.75) is 12.1 Å². The Bertz CT molecular complexity index is 1550. The van der Waals surface area contributed by atoms with Gasteiger partial charge in [-0.15, -0.1) is 0 Å². The van der Waals surface area contributed by atoms with Crippen molar-refractivity contribution in [1.29, 1.82) is 0 Å². The molecule has 0 saturated carbocycles. The number of pyridine rings is 1. The Morgan fingerprint density at radius 2 is 1.71 bits per heavy atom. The van der Waals surface area contributed by atoms with Gasteiger partial charge in [-0.2, -0.15) is 0 Å². The Morgan fingerprint density at radius 3 is 2.42 bits per heavy atom. The second kappa shape index (κ2) is 9.20. The molecule has 2 aromatic carbocycles. The third-order valence-electron chi connectivity index (χ3n) is 6.36. The van der Waals surface area contributed by atoms with Gasteiger partial charge in [0, 0.05) is 23.5 Å². The van der Waals surface area contributed by atoms with E-state index in [-0.39, 0.29) is 24.0 Å². The zero-order valence-corrected chi connectivity index (χ0v) is 20.3. The normalized spacial score (nSPS) is 17.9. The van der Waals surface area contributed by atoms with Crippen LogP contribution in [0.15, 0.2) is 77.3 Å². The van der Waals surface area contributed by atoms with Crippen molar-refractivity contribution in [1.82, 2.24) is 10.3 Å². The summed E-state index contributed by atoms with van der Waals surface area (Å²) in [5, 5.41) is 22.7. The lowest BCUT2D eigenvalue weighted by molar-refractivity contribution is 0.0696. The van der Waals surface area contributed by atoms with Crippen molar-refractivity contribution in [2.75, 3.05) is 11.7 Å². The Labute approximate surface area is 221 Å². The highest BCUT2D eigenvalue weighted by molar-refractivity contribution is 7.80. The molecule has 0 bridgehead atoms. The maximum absolute atomic E-state index is 11.6. The van der Waals surface area contributed by atoms with Crippen LogP contribution in [0.2, 0.25) is 0 Å². The number of carboxylic acid groups (broad SMARTS) is 2. The molecular weight excluding hydrogens is 510 g/mol. The van der Waals surface area contributed by atoms with Gasteiger partial charge in [-0.1, -0.05) is 6.07 Å². The number of nitrogens with one attached hydrogen (secondary N) is 1. The second-order valence-corrected chi connectivity index (χ2v) is 9.03. The number of anilines is 1. The molecule has 4 aromatic rings. The maximum atomic E-state index is 11.6. The van der Waals surface area contributed by atoms with Gasteiger partial charge in [0.05, 0.1) is 22.9 Å². The van der Waals surface area contributed by atoms with E-state index in [9.17, 15) is 19.8 Å². The summed E-state index contributed by atoms with van der Waals surface area (Å²) in [4.78, 5) is 29.6.